The van der Waals surface area contributed by atoms with E-state index in [4.69, 9.17) is 9.84 Å². The Morgan fingerprint density at radius 3 is 2.69 bits per heavy atom. The Hall–Kier alpha value is -1.35. The van der Waals surface area contributed by atoms with Crippen LogP contribution in [0.5, 0.6) is 0 Å². The van der Waals surface area contributed by atoms with Crippen molar-refractivity contribution in [1.82, 2.24) is 0 Å². The molecule has 1 aliphatic carbocycles. The largest absolute Gasteiger partial charge is 0.478 e. The predicted octanol–water partition coefficient (Wildman–Crippen LogP) is 2.45. The van der Waals surface area contributed by atoms with Crippen molar-refractivity contribution in [2.45, 2.75) is 25.2 Å². The van der Waals surface area contributed by atoms with Crippen molar-refractivity contribution in [1.29, 1.82) is 0 Å². The fourth-order valence-electron chi connectivity index (χ4n) is 2.07. The molecule has 0 aliphatic heterocycles. The maximum Gasteiger partial charge on any atom is 0.335 e. The van der Waals surface area contributed by atoms with E-state index in [1.165, 1.54) is 0 Å². The zero-order valence-corrected chi connectivity index (χ0v) is 9.40. The van der Waals surface area contributed by atoms with Gasteiger partial charge in [0, 0.05) is 12.0 Å². The summed E-state index contributed by atoms with van der Waals surface area (Å²) in [5, 5.41) is 9.14. The molecule has 1 aliphatic rings. The summed E-state index contributed by atoms with van der Waals surface area (Å²) < 4.78 is 5.46. The molecular formula is C13H16O3. The summed E-state index contributed by atoms with van der Waals surface area (Å²) in [5.41, 5.74) is 1.31. The molecule has 0 saturated heterocycles. The molecule has 0 unspecified atom stereocenters. The van der Waals surface area contributed by atoms with Gasteiger partial charge in [-0.05, 0) is 31.4 Å². The number of carboxylic acids is 1. The fraction of sp³-hybridized carbons (Fsp3) is 0.462. The summed E-state index contributed by atoms with van der Waals surface area (Å²) in [7, 11) is 0. The molecule has 0 spiro atoms. The molecule has 3 heteroatoms. The van der Waals surface area contributed by atoms with E-state index in [0.29, 0.717) is 18.8 Å². The Balaban J connectivity index is 2.29. The second-order valence-corrected chi connectivity index (χ2v) is 4.27. The second kappa shape index (κ2) is 4.26. The topological polar surface area (TPSA) is 46.5 Å². The van der Waals surface area contributed by atoms with Gasteiger partial charge < -0.3 is 9.84 Å². The van der Waals surface area contributed by atoms with Crippen LogP contribution in [0.1, 0.15) is 35.7 Å². The van der Waals surface area contributed by atoms with E-state index < -0.39 is 5.97 Å². The molecule has 86 valence electrons. The van der Waals surface area contributed by atoms with E-state index in [-0.39, 0.29) is 5.41 Å². The summed E-state index contributed by atoms with van der Waals surface area (Å²) in [6.07, 6.45) is 2.05. The van der Waals surface area contributed by atoms with Gasteiger partial charge in [0.1, 0.15) is 0 Å². The van der Waals surface area contributed by atoms with Crippen LogP contribution in [0.2, 0.25) is 0 Å². The van der Waals surface area contributed by atoms with Gasteiger partial charge in [-0.25, -0.2) is 4.79 Å². The molecule has 0 bridgehead atoms. The van der Waals surface area contributed by atoms with Crippen molar-refractivity contribution in [3.8, 4) is 0 Å². The van der Waals surface area contributed by atoms with E-state index in [0.717, 1.165) is 18.4 Å². The van der Waals surface area contributed by atoms with Gasteiger partial charge in [0.25, 0.3) is 0 Å². The molecule has 1 fully saturated rings. The average Bonchev–Trinajstić information content (AvgIpc) is 3.07. The third-order valence-electron chi connectivity index (χ3n) is 3.16. The third-order valence-corrected chi connectivity index (χ3v) is 3.16. The van der Waals surface area contributed by atoms with Gasteiger partial charge in [-0.1, -0.05) is 18.2 Å². The molecule has 2 rings (SSSR count). The number of carboxylic acid groups (broad SMARTS) is 1. The molecule has 3 nitrogen and oxygen atoms in total. The number of rotatable bonds is 5. The molecule has 1 saturated carbocycles. The van der Waals surface area contributed by atoms with Crippen LogP contribution in [0.4, 0.5) is 0 Å². The fourth-order valence-corrected chi connectivity index (χ4v) is 2.07. The van der Waals surface area contributed by atoms with Gasteiger partial charge >= 0.3 is 5.97 Å². The van der Waals surface area contributed by atoms with Crippen LogP contribution in [0.25, 0.3) is 0 Å². The summed E-state index contributed by atoms with van der Waals surface area (Å²) in [5.74, 6) is -0.849. The number of benzene rings is 1. The zero-order valence-electron chi connectivity index (χ0n) is 9.40. The first-order valence-corrected chi connectivity index (χ1v) is 5.60. The van der Waals surface area contributed by atoms with Crippen molar-refractivity contribution < 1.29 is 14.6 Å². The lowest BCUT2D eigenvalue weighted by Crippen LogP contribution is -2.19. The van der Waals surface area contributed by atoms with Gasteiger partial charge in [0.15, 0.2) is 0 Å². The maximum atomic E-state index is 11.1. The van der Waals surface area contributed by atoms with Gasteiger partial charge in [-0.15, -0.1) is 0 Å². The molecule has 0 aromatic heterocycles. The highest BCUT2D eigenvalue weighted by Gasteiger charge is 2.46. The standard InChI is InChI=1S/C13H16O3/c1-2-16-9-13(7-8-13)11-6-4-3-5-10(11)12(14)15/h3-6H,2,7-9H2,1H3,(H,14,15). The normalized spacial score (nSPS) is 17.1. The Morgan fingerprint density at radius 1 is 1.44 bits per heavy atom. The Labute approximate surface area is 95.0 Å². The smallest absolute Gasteiger partial charge is 0.335 e. The summed E-state index contributed by atoms with van der Waals surface area (Å²) >= 11 is 0. The van der Waals surface area contributed by atoms with Crippen molar-refractivity contribution in [2.24, 2.45) is 0 Å². The summed E-state index contributed by atoms with van der Waals surface area (Å²) in [6, 6.07) is 7.25. The summed E-state index contributed by atoms with van der Waals surface area (Å²) in [6.45, 7) is 3.27. The lowest BCUT2D eigenvalue weighted by atomic mass is 9.92. The van der Waals surface area contributed by atoms with Gasteiger partial charge in [-0.2, -0.15) is 0 Å². The maximum absolute atomic E-state index is 11.1. The number of hydrogen-bond donors (Lipinski definition) is 1. The van der Waals surface area contributed by atoms with Gasteiger partial charge in [0.05, 0.1) is 12.2 Å². The third kappa shape index (κ3) is 1.95. The van der Waals surface area contributed by atoms with Crippen molar-refractivity contribution in [2.75, 3.05) is 13.2 Å². The highest BCUT2D eigenvalue weighted by atomic mass is 16.5. The monoisotopic (exact) mass is 220 g/mol. The van der Waals surface area contributed by atoms with Gasteiger partial charge in [-0.3, -0.25) is 0 Å². The molecule has 0 heterocycles. The molecule has 1 N–H and O–H groups in total. The van der Waals surface area contributed by atoms with Crippen LogP contribution in [-0.4, -0.2) is 24.3 Å². The van der Waals surface area contributed by atoms with E-state index in [2.05, 4.69) is 0 Å². The van der Waals surface area contributed by atoms with Gasteiger partial charge in [0.2, 0.25) is 0 Å². The van der Waals surface area contributed by atoms with E-state index in [1.54, 1.807) is 12.1 Å². The molecular weight excluding hydrogens is 204 g/mol. The van der Waals surface area contributed by atoms with Crippen molar-refractivity contribution in [3.63, 3.8) is 0 Å². The van der Waals surface area contributed by atoms with Crippen LogP contribution >= 0.6 is 0 Å². The van der Waals surface area contributed by atoms with Crippen LogP contribution in [-0.2, 0) is 10.2 Å². The van der Waals surface area contributed by atoms with E-state index >= 15 is 0 Å². The minimum absolute atomic E-state index is 0.0367. The minimum Gasteiger partial charge on any atom is -0.478 e. The quantitative estimate of drug-likeness (QED) is 0.829. The Bertz CT molecular complexity index is 394. The van der Waals surface area contributed by atoms with Crippen molar-refractivity contribution in [3.05, 3.63) is 35.4 Å². The average molecular weight is 220 g/mol. The first-order chi connectivity index (χ1) is 7.69. The number of hydrogen-bond acceptors (Lipinski definition) is 2. The van der Waals surface area contributed by atoms with E-state index in [9.17, 15) is 4.79 Å². The lowest BCUT2D eigenvalue weighted by Gasteiger charge is -2.17. The van der Waals surface area contributed by atoms with Crippen molar-refractivity contribution >= 4 is 5.97 Å². The SMILES string of the molecule is CCOCC1(c2ccccc2C(=O)O)CC1. The van der Waals surface area contributed by atoms with Crippen LogP contribution in [0, 0.1) is 0 Å². The number of aromatic carboxylic acids is 1. The number of ether oxygens (including phenoxy) is 1. The van der Waals surface area contributed by atoms with Crippen LogP contribution in [0.3, 0.4) is 0 Å². The lowest BCUT2D eigenvalue weighted by molar-refractivity contribution is 0.0692. The minimum atomic E-state index is -0.849. The van der Waals surface area contributed by atoms with Crippen LogP contribution in [0.15, 0.2) is 24.3 Å². The first-order valence-electron chi connectivity index (χ1n) is 5.60. The molecule has 1 aromatic rings. The second-order valence-electron chi connectivity index (χ2n) is 4.27. The Morgan fingerprint density at radius 2 is 2.12 bits per heavy atom. The molecule has 16 heavy (non-hydrogen) atoms. The highest BCUT2D eigenvalue weighted by molar-refractivity contribution is 5.90. The number of carbonyl (C=O) groups is 1. The Kier molecular flexibility index (Phi) is 2.97. The summed E-state index contributed by atoms with van der Waals surface area (Å²) in [4.78, 5) is 11.1. The van der Waals surface area contributed by atoms with Crippen LogP contribution < -0.4 is 0 Å². The molecule has 0 atom stereocenters. The zero-order chi connectivity index (χ0) is 11.6. The molecule has 0 radical (unpaired) electrons. The first kappa shape index (κ1) is 11.1. The predicted molar refractivity (Wildman–Crippen MR) is 60.8 cm³/mol. The molecule has 1 aromatic carbocycles. The highest BCUT2D eigenvalue weighted by Crippen LogP contribution is 2.49. The molecule has 0 amide bonds. The van der Waals surface area contributed by atoms with E-state index in [1.807, 2.05) is 19.1 Å².